The molecule has 0 saturated carbocycles. The Kier molecular flexibility index (Phi) is 3.94. The number of allylic oxidation sites excluding steroid dienone is 1. The zero-order valence-electron chi connectivity index (χ0n) is 11.6. The highest BCUT2D eigenvalue weighted by atomic mass is 16.5. The fourth-order valence-corrected chi connectivity index (χ4v) is 1.94. The number of carbonyl (C=O) groups is 1. The summed E-state index contributed by atoms with van der Waals surface area (Å²) in [6.07, 6.45) is 3.15. The molecule has 0 amide bonds. The van der Waals surface area contributed by atoms with Crippen LogP contribution in [0.15, 0.2) is 34.8 Å². The Hall–Kier alpha value is -2.49. The molecule has 4 heteroatoms. The summed E-state index contributed by atoms with van der Waals surface area (Å²) >= 11 is 0. The first-order valence-corrected chi connectivity index (χ1v) is 6.17. The molecule has 1 heterocycles. The first-order valence-electron chi connectivity index (χ1n) is 6.17. The third kappa shape index (κ3) is 2.91. The molecular weight excluding hydrogens is 256 g/mol. The minimum atomic E-state index is -0.119. The average molecular weight is 272 g/mol. The van der Waals surface area contributed by atoms with Crippen molar-refractivity contribution in [2.24, 2.45) is 0 Å². The van der Waals surface area contributed by atoms with Gasteiger partial charge in [0.05, 0.1) is 12.7 Å². The van der Waals surface area contributed by atoms with E-state index >= 15 is 0 Å². The number of aryl methyl sites for hydroxylation is 2. The lowest BCUT2D eigenvalue weighted by molar-refractivity contribution is 0.104. The molecule has 0 radical (unpaired) electrons. The molecule has 2 aromatic rings. The van der Waals surface area contributed by atoms with Crippen molar-refractivity contribution >= 4 is 11.9 Å². The monoisotopic (exact) mass is 272 g/mol. The maximum absolute atomic E-state index is 12.0. The SMILES string of the molecule is COc1cc(/C=C/C(=O)c2cc(C)oc2C)ccc1O. The molecule has 4 nitrogen and oxygen atoms in total. The number of ketones is 1. The molecule has 1 N–H and O–H groups in total. The van der Waals surface area contributed by atoms with E-state index in [-0.39, 0.29) is 11.5 Å². The van der Waals surface area contributed by atoms with Crippen LogP contribution in [0.4, 0.5) is 0 Å². The molecule has 0 unspecified atom stereocenters. The van der Waals surface area contributed by atoms with Crippen LogP contribution in [-0.4, -0.2) is 18.0 Å². The van der Waals surface area contributed by atoms with Gasteiger partial charge in [-0.25, -0.2) is 0 Å². The first kappa shape index (κ1) is 13.9. The summed E-state index contributed by atoms with van der Waals surface area (Å²) in [5.41, 5.74) is 1.33. The Balaban J connectivity index is 2.21. The molecule has 0 bridgehead atoms. The van der Waals surface area contributed by atoms with E-state index in [9.17, 15) is 9.90 Å². The molecule has 20 heavy (non-hydrogen) atoms. The minimum Gasteiger partial charge on any atom is -0.504 e. The molecule has 0 spiro atoms. The number of hydrogen-bond acceptors (Lipinski definition) is 4. The molecule has 1 aromatic heterocycles. The Labute approximate surface area is 117 Å². The summed E-state index contributed by atoms with van der Waals surface area (Å²) in [4.78, 5) is 12.0. The molecule has 0 aliphatic heterocycles. The molecule has 104 valence electrons. The normalized spacial score (nSPS) is 10.9. The van der Waals surface area contributed by atoms with Crippen molar-refractivity contribution in [3.63, 3.8) is 0 Å². The second-order valence-electron chi connectivity index (χ2n) is 4.46. The number of ether oxygens (including phenoxy) is 1. The lowest BCUT2D eigenvalue weighted by atomic mass is 10.1. The number of phenols is 1. The number of furan rings is 1. The van der Waals surface area contributed by atoms with Crippen LogP contribution in [0.5, 0.6) is 11.5 Å². The van der Waals surface area contributed by atoms with Crippen LogP contribution in [0.3, 0.4) is 0 Å². The second kappa shape index (κ2) is 5.65. The van der Waals surface area contributed by atoms with Crippen LogP contribution < -0.4 is 4.74 Å². The highest BCUT2D eigenvalue weighted by molar-refractivity contribution is 6.07. The third-order valence-corrected chi connectivity index (χ3v) is 2.94. The number of carbonyl (C=O) groups excluding carboxylic acids is 1. The van der Waals surface area contributed by atoms with Gasteiger partial charge in [0.1, 0.15) is 11.5 Å². The molecule has 0 saturated heterocycles. The number of methoxy groups -OCH3 is 1. The average Bonchev–Trinajstić information content (AvgIpc) is 2.76. The van der Waals surface area contributed by atoms with E-state index in [0.717, 1.165) is 5.56 Å². The Morgan fingerprint density at radius 1 is 1.30 bits per heavy atom. The fraction of sp³-hybridized carbons (Fsp3) is 0.188. The van der Waals surface area contributed by atoms with Crippen LogP contribution in [-0.2, 0) is 0 Å². The van der Waals surface area contributed by atoms with Crippen LogP contribution in [0.1, 0.15) is 27.4 Å². The predicted molar refractivity (Wildman–Crippen MR) is 76.2 cm³/mol. The summed E-state index contributed by atoms with van der Waals surface area (Å²) in [7, 11) is 1.48. The summed E-state index contributed by atoms with van der Waals surface area (Å²) in [5.74, 6) is 1.64. The van der Waals surface area contributed by atoms with Crippen LogP contribution >= 0.6 is 0 Å². The highest BCUT2D eigenvalue weighted by Crippen LogP contribution is 2.26. The van der Waals surface area contributed by atoms with Crippen molar-refractivity contribution < 1.29 is 19.1 Å². The second-order valence-corrected chi connectivity index (χ2v) is 4.46. The van der Waals surface area contributed by atoms with Crippen molar-refractivity contribution in [1.29, 1.82) is 0 Å². The minimum absolute atomic E-state index is 0.0669. The molecule has 0 aliphatic rings. The number of rotatable bonds is 4. The number of hydrogen-bond donors (Lipinski definition) is 1. The number of benzene rings is 1. The van der Waals surface area contributed by atoms with Crippen molar-refractivity contribution in [1.82, 2.24) is 0 Å². The zero-order chi connectivity index (χ0) is 14.7. The van der Waals surface area contributed by atoms with Crippen LogP contribution in [0.25, 0.3) is 6.08 Å². The molecule has 0 fully saturated rings. The number of phenolic OH excluding ortho intramolecular Hbond substituents is 1. The molecular formula is C16H16O4. The summed E-state index contributed by atoms with van der Waals surface area (Å²) in [6.45, 7) is 3.57. The van der Waals surface area contributed by atoms with Gasteiger partial charge in [0.2, 0.25) is 0 Å². The van der Waals surface area contributed by atoms with Crippen molar-refractivity contribution in [2.45, 2.75) is 13.8 Å². The first-order chi connectivity index (χ1) is 9.51. The van der Waals surface area contributed by atoms with E-state index < -0.39 is 0 Å². The van der Waals surface area contributed by atoms with Gasteiger partial charge in [-0.2, -0.15) is 0 Å². The lowest BCUT2D eigenvalue weighted by Gasteiger charge is -2.03. The fourth-order valence-electron chi connectivity index (χ4n) is 1.94. The van der Waals surface area contributed by atoms with E-state index in [2.05, 4.69) is 0 Å². The Bertz CT molecular complexity index is 665. The quantitative estimate of drug-likeness (QED) is 0.683. The molecule has 2 rings (SSSR count). The van der Waals surface area contributed by atoms with E-state index in [4.69, 9.17) is 9.15 Å². The highest BCUT2D eigenvalue weighted by Gasteiger charge is 2.10. The Morgan fingerprint density at radius 3 is 2.65 bits per heavy atom. The van der Waals surface area contributed by atoms with Gasteiger partial charge in [0.25, 0.3) is 0 Å². The molecule has 1 aromatic carbocycles. The van der Waals surface area contributed by atoms with Gasteiger partial charge >= 0.3 is 0 Å². The summed E-state index contributed by atoms with van der Waals surface area (Å²) in [6, 6.07) is 6.61. The topological polar surface area (TPSA) is 59.7 Å². The van der Waals surface area contributed by atoms with E-state index in [1.807, 2.05) is 0 Å². The van der Waals surface area contributed by atoms with E-state index in [1.165, 1.54) is 19.3 Å². The summed E-state index contributed by atoms with van der Waals surface area (Å²) in [5, 5.41) is 9.50. The van der Waals surface area contributed by atoms with Crippen LogP contribution in [0, 0.1) is 13.8 Å². The smallest absolute Gasteiger partial charge is 0.189 e. The molecule has 0 aliphatic carbocycles. The van der Waals surface area contributed by atoms with E-state index in [1.54, 1.807) is 38.1 Å². The lowest BCUT2D eigenvalue weighted by Crippen LogP contribution is -1.93. The molecule has 0 atom stereocenters. The maximum atomic E-state index is 12.0. The van der Waals surface area contributed by atoms with Crippen molar-refractivity contribution in [3.8, 4) is 11.5 Å². The van der Waals surface area contributed by atoms with E-state index in [0.29, 0.717) is 22.8 Å². The summed E-state index contributed by atoms with van der Waals surface area (Å²) < 4.78 is 10.3. The number of aromatic hydroxyl groups is 1. The van der Waals surface area contributed by atoms with Crippen molar-refractivity contribution in [3.05, 3.63) is 53.0 Å². The van der Waals surface area contributed by atoms with Crippen molar-refractivity contribution in [2.75, 3.05) is 7.11 Å². The zero-order valence-corrected chi connectivity index (χ0v) is 11.6. The largest absolute Gasteiger partial charge is 0.504 e. The Morgan fingerprint density at radius 2 is 2.05 bits per heavy atom. The van der Waals surface area contributed by atoms with Gasteiger partial charge in [-0.15, -0.1) is 0 Å². The van der Waals surface area contributed by atoms with Gasteiger partial charge in [0, 0.05) is 0 Å². The van der Waals surface area contributed by atoms with Gasteiger partial charge in [-0.1, -0.05) is 12.1 Å². The van der Waals surface area contributed by atoms with Crippen LogP contribution in [0.2, 0.25) is 0 Å². The van der Waals surface area contributed by atoms with Gasteiger partial charge in [-0.3, -0.25) is 4.79 Å². The predicted octanol–water partition coefficient (Wildman–Crippen LogP) is 3.51. The van der Waals surface area contributed by atoms with Gasteiger partial charge in [-0.05, 0) is 43.7 Å². The van der Waals surface area contributed by atoms with Gasteiger partial charge in [0.15, 0.2) is 17.3 Å². The maximum Gasteiger partial charge on any atom is 0.189 e. The standard InChI is InChI=1S/C16H16O4/c1-10-8-13(11(2)20-10)14(17)6-4-12-5-7-15(18)16(9-12)19-3/h4-9,18H,1-3H3/b6-4+. The third-order valence-electron chi connectivity index (χ3n) is 2.94. The van der Waals surface area contributed by atoms with Gasteiger partial charge < -0.3 is 14.3 Å².